The first-order chi connectivity index (χ1) is 18.6. The molecule has 0 fully saturated rings. The van der Waals surface area contributed by atoms with Gasteiger partial charge in [-0.2, -0.15) is 0 Å². The predicted molar refractivity (Wildman–Crippen MR) is 147 cm³/mol. The lowest BCUT2D eigenvalue weighted by Gasteiger charge is -2.14. The Morgan fingerprint density at radius 1 is 0.921 bits per heavy atom. The number of aromatic carboxylic acids is 1. The van der Waals surface area contributed by atoms with E-state index in [2.05, 4.69) is 16.0 Å². The number of hydrogen-bond acceptors (Lipinski definition) is 3. The number of carboxylic acid groups (broad SMARTS) is 1. The highest BCUT2D eigenvalue weighted by Gasteiger charge is 2.26. The smallest absolute Gasteiger partial charge is 0.335 e. The van der Waals surface area contributed by atoms with Gasteiger partial charge in [-0.25, -0.2) is 9.18 Å². The zero-order chi connectivity index (χ0) is 26.1. The molecule has 1 aliphatic rings. The predicted octanol–water partition coefficient (Wildman–Crippen LogP) is 6.70. The SMILES string of the molecule is O=C(O)c1ccc(-c2c(C3=CCNC3)n(-c3ccc(F)cc3)c3cccc(OCc4ccccc4)c23)cc1. The van der Waals surface area contributed by atoms with Crippen LogP contribution in [0.5, 0.6) is 5.75 Å². The highest BCUT2D eigenvalue weighted by molar-refractivity contribution is 6.07. The molecule has 0 radical (unpaired) electrons. The number of halogens is 1. The standard InChI is InChI=1S/C32H25FN2O3/c33-25-13-15-26(16-14-25)35-27-7-4-8-28(38-20-21-5-2-1-3-6-21)30(27)29(31(35)24-17-18-34-19-24)22-9-11-23(12-10-22)32(36)37/h1-17,34H,18-20H2,(H,36,37). The van der Waals surface area contributed by atoms with Crippen molar-refractivity contribution in [2.24, 2.45) is 0 Å². The average molecular weight is 505 g/mol. The normalized spacial score (nSPS) is 13.0. The van der Waals surface area contributed by atoms with Gasteiger partial charge in [0.25, 0.3) is 0 Å². The molecule has 2 heterocycles. The summed E-state index contributed by atoms with van der Waals surface area (Å²) in [5, 5.41) is 13.8. The van der Waals surface area contributed by atoms with E-state index in [1.54, 1.807) is 24.3 Å². The molecule has 0 unspecified atom stereocenters. The Morgan fingerprint density at radius 3 is 2.37 bits per heavy atom. The zero-order valence-corrected chi connectivity index (χ0v) is 20.5. The van der Waals surface area contributed by atoms with Crippen LogP contribution in [0.15, 0.2) is 103 Å². The number of nitrogens with zero attached hydrogens (tertiary/aromatic N) is 1. The van der Waals surface area contributed by atoms with Crippen LogP contribution in [0.1, 0.15) is 21.6 Å². The fraction of sp³-hybridized carbons (Fsp3) is 0.0938. The molecule has 6 rings (SSSR count). The summed E-state index contributed by atoms with van der Waals surface area (Å²) in [6.45, 7) is 1.83. The summed E-state index contributed by atoms with van der Waals surface area (Å²) in [5.74, 6) is -0.553. The fourth-order valence-electron chi connectivity index (χ4n) is 5.04. The van der Waals surface area contributed by atoms with Crippen molar-refractivity contribution < 1.29 is 19.0 Å². The Kier molecular flexibility index (Phi) is 6.23. The molecule has 0 amide bonds. The van der Waals surface area contributed by atoms with Crippen LogP contribution in [0.4, 0.5) is 4.39 Å². The van der Waals surface area contributed by atoms with Crippen LogP contribution >= 0.6 is 0 Å². The molecule has 38 heavy (non-hydrogen) atoms. The molecule has 4 aromatic carbocycles. The molecule has 0 spiro atoms. The van der Waals surface area contributed by atoms with Gasteiger partial charge in [-0.05, 0) is 65.2 Å². The number of carboxylic acids is 1. The zero-order valence-electron chi connectivity index (χ0n) is 20.5. The summed E-state index contributed by atoms with van der Waals surface area (Å²) >= 11 is 0. The van der Waals surface area contributed by atoms with Gasteiger partial charge in [-0.3, -0.25) is 0 Å². The van der Waals surface area contributed by atoms with Crippen LogP contribution in [0.3, 0.4) is 0 Å². The van der Waals surface area contributed by atoms with E-state index in [9.17, 15) is 14.3 Å². The second kappa shape index (κ2) is 10.00. The number of ether oxygens (including phenoxy) is 1. The Labute approximate surface area is 219 Å². The summed E-state index contributed by atoms with van der Waals surface area (Å²) in [5.41, 5.74) is 6.92. The van der Waals surface area contributed by atoms with Gasteiger partial charge in [0.1, 0.15) is 18.2 Å². The molecule has 5 aromatic rings. The maximum Gasteiger partial charge on any atom is 0.335 e. The van der Waals surface area contributed by atoms with Crippen molar-refractivity contribution in [3.8, 4) is 22.6 Å². The van der Waals surface area contributed by atoms with Gasteiger partial charge in [0.15, 0.2) is 0 Å². The lowest BCUT2D eigenvalue weighted by atomic mass is 9.97. The van der Waals surface area contributed by atoms with Gasteiger partial charge in [0, 0.05) is 24.3 Å². The van der Waals surface area contributed by atoms with Crippen LogP contribution in [0.2, 0.25) is 0 Å². The first-order valence-corrected chi connectivity index (χ1v) is 12.4. The average Bonchev–Trinajstić information content (AvgIpc) is 3.60. The summed E-state index contributed by atoms with van der Waals surface area (Å²) < 4.78 is 22.5. The van der Waals surface area contributed by atoms with E-state index < -0.39 is 5.97 Å². The molecule has 6 heteroatoms. The quantitative estimate of drug-likeness (QED) is 0.259. The minimum Gasteiger partial charge on any atom is -0.488 e. The maximum atomic E-state index is 13.9. The van der Waals surface area contributed by atoms with E-state index in [-0.39, 0.29) is 11.4 Å². The molecular formula is C32H25FN2O3. The number of hydrogen-bond donors (Lipinski definition) is 2. The number of fused-ring (bicyclic) bond motifs is 1. The molecule has 1 aliphatic heterocycles. The Hall–Kier alpha value is -4.68. The van der Waals surface area contributed by atoms with Crippen molar-refractivity contribution in [2.45, 2.75) is 6.61 Å². The van der Waals surface area contributed by atoms with Crippen LogP contribution in [0.25, 0.3) is 33.3 Å². The first-order valence-electron chi connectivity index (χ1n) is 12.4. The van der Waals surface area contributed by atoms with E-state index >= 15 is 0 Å². The highest BCUT2D eigenvalue weighted by atomic mass is 19.1. The number of aromatic nitrogens is 1. The summed E-state index contributed by atoms with van der Waals surface area (Å²) in [7, 11) is 0. The molecule has 0 saturated heterocycles. The molecule has 0 atom stereocenters. The molecule has 0 saturated carbocycles. The third-order valence-corrected chi connectivity index (χ3v) is 6.81. The van der Waals surface area contributed by atoms with Crippen LogP contribution in [-0.2, 0) is 6.61 Å². The number of rotatable bonds is 7. The molecule has 0 bridgehead atoms. The van der Waals surface area contributed by atoms with Crippen LogP contribution in [0, 0.1) is 5.82 Å². The largest absolute Gasteiger partial charge is 0.488 e. The number of nitrogens with one attached hydrogen (secondary N) is 1. The topological polar surface area (TPSA) is 63.5 Å². The summed E-state index contributed by atoms with van der Waals surface area (Å²) in [6.07, 6.45) is 2.16. The van der Waals surface area contributed by atoms with Crippen molar-refractivity contribution in [2.75, 3.05) is 13.1 Å². The third kappa shape index (κ3) is 4.35. The minimum atomic E-state index is -0.972. The summed E-state index contributed by atoms with van der Waals surface area (Å²) in [4.78, 5) is 11.6. The van der Waals surface area contributed by atoms with Gasteiger partial charge >= 0.3 is 5.97 Å². The number of benzene rings is 4. The number of carbonyl (C=O) groups is 1. The van der Waals surface area contributed by atoms with E-state index in [0.29, 0.717) is 13.2 Å². The Balaban J connectivity index is 1.63. The van der Waals surface area contributed by atoms with E-state index in [4.69, 9.17) is 4.74 Å². The molecule has 5 nitrogen and oxygen atoms in total. The van der Waals surface area contributed by atoms with Crippen molar-refractivity contribution >= 4 is 22.4 Å². The molecule has 188 valence electrons. The summed E-state index contributed by atoms with van der Waals surface area (Å²) in [6, 6.07) is 29.3. The maximum absolute atomic E-state index is 13.9. The van der Waals surface area contributed by atoms with E-state index in [0.717, 1.165) is 56.8 Å². The van der Waals surface area contributed by atoms with Gasteiger partial charge in [-0.1, -0.05) is 54.6 Å². The monoisotopic (exact) mass is 504 g/mol. The molecule has 0 aliphatic carbocycles. The molecule has 1 aromatic heterocycles. The second-order valence-corrected chi connectivity index (χ2v) is 9.20. The lowest BCUT2D eigenvalue weighted by molar-refractivity contribution is 0.0697. The lowest BCUT2D eigenvalue weighted by Crippen LogP contribution is -2.09. The Morgan fingerprint density at radius 2 is 1.68 bits per heavy atom. The van der Waals surface area contributed by atoms with Crippen LogP contribution < -0.4 is 10.1 Å². The van der Waals surface area contributed by atoms with Gasteiger partial charge in [0.05, 0.1) is 22.2 Å². The Bertz CT molecular complexity index is 1650. The van der Waals surface area contributed by atoms with Crippen LogP contribution in [-0.4, -0.2) is 28.7 Å². The minimum absolute atomic E-state index is 0.222. The first kappa shape index (κ1) is 23.7. The van der Waals surface area contributed by atoms with Gasteiger partial charge in [-0.15, -0.1) is 0 Å². The van der Waals surface area contributed by atoms with Crippen molar-refractivity contribution in [1.29, 1.82) is 0 Å². The van der Waals surface area contributed by atoms with Crippen molar-refractivity contribution in [3.05, 3.63) is 126 Å². The van der Waals surface area contributed by atoms with E-state index in [1.807, 2.05) is 60.7 Å². The van der Waals surface area contributed by atoms with Gasteiger partial charge in [0.2, 0.25) is 0 Å². The van der Waals surface area contributed by atoms with Crippen molar-refractivity contribution in [1.82, 2.24) is 9.88 Å². The van der Waals surface area contributed by atoms with Crippen molar-refractivity contribution in [3.63, 3.8) is 0 Å². The molecule has 2 N–H and O–H groups in total. The fourth-order valence-corrected chi connectivity index (χ4v) is 5.04. The van der Waals surface area contributed by atoms with Gasteiger partial charge < -0.3 is 19.7 Å². The third-order valence-electron chi connectivity index (χ3n) is 6.81. The van der Waals surface area contributed by atoms with E-state index in [1.165, 1.54) is 12.1 Å². The molecular weight excluding hydrogens is 479 g/mol. The highest BCUT2D eigenvalue weighted by Crippen LogP contribution is 2.45. The second-order valence-electron chi connectivity index (χ2n) is 9.20.